The minimum atomic E-state index is -1.10. The average molecular weight is 407 g/mol. The van der Waals surface area contributed by atoms with Crippen LogP contribution in [-0.2, 0) is 9.53 Å². The molecule has 29 heavy (non-hydrogen) atoms. The summed E-state index contributed by atoms with van der Waals surface area (Å²) in [7, 11) is 0. The van der Waals surface area contributed by atoms with Crippen LogP contribution in [0.25, 0.3) is 0 Å². The molecule has 4 N–H and O–H groups in total. The van der Waals surface area contributed by atoms with Crippen molar-refractivity contribution in [3.05, 3.63) is 11.6 Å². The topological polar surface area (TPSA) is 107 Å². The van der Waals surface area contributed by atoms with Crippen molar-refractivity contribution in [1.29, 1.82) is 0 Å². The zero-order chi connectivity index (χ0) is 20.8. The summed E-state index contributed by atoms with van der Waals surface area (Å²) in [6.45, 7) is 4.47. The lowest BCUT2D eigenvalue weighted by Gasteiger charge is -2.67. The van der Waals surface area contributed by atoms with Crippen LogP contribution in [-0.4, -0.2) is 56.4 Å². The van der Waals surface area contributed by atoms with Gasteiger partial charge in [-0.25, -0.2) is 4.79 Å². The maximum atomic E-state index is 12.1. The van der Waals surface area contributed by atoms with Gasteiger partial charge in [-0.1, -0.05) is 13.8 Å². The van der Waals surface area contributed by atoms with E-state index >= 15 is 0 Å². The number of hydrogen-bond donors (Lipinski definition) is 4. The van der Waals surface area contributed by atoms with E-state index in [2.05, 4.69) is 6.92 Å². The molecular formula is C23H34O6. The number of aliphatic hydroxyl groups is 4. The van der Waals surface area contributed by atoms with Crippen LogP contribution in [0.5, 0.6) is 0 Å². The minimum absolute atomic E-state index is 0.0000378. The molecule has 5 aliphatic rings. The van der Waals surface area contributed by atoms with Crippen molar-refractivity contribution in [3.8, 4) is 0 Å². The summed E-state index contributed by atoms with van der Waals surface area (Å²) in [5.41, 5.74) is -2.03. The molecule has 0 spiro atoms. The third kappa shape index (κ3) is 2.35. The van der Waals surface area contributed by atoms with Gasteiger partial charge in [-0.15, -0.1) is 0 Å². The lowest BCUT2D eigenvalue weighted by atomic mass is 9.41. The van der Waals surface area contributed by atoms with Gasteiger partial charge in [0.15, 0.2) is 0 Å². The summed E-state index contributed by atoms with van der Waals surface area (Å²) in [5.74, 6) is -0.144. The lowest BCUT2D eigenvalue weighted by molar-refractivity contribution is -0.282. The van der Waals surface area contributed by atoms with Crippen LogP contribution in [0.2, 0.25) is 0 Å². The molecule has 9 atom stereocenters. The van der Waals surface area contributed by atoms with E-state index in [1.165, 1.54) is 0 Å². The molecule has 0 amide bonds. The molecule has 0 radical (unpaired) electrons. The zero-order valence-electron chi connectivity index (χ0n) is 17.4. The molecule has 0 unspecified atom stereocenters. The molecule has 5 rings (SSSR count). The van der Waals surface area contributed by atoms with E-state index in [1.54, 1.807) is 6.08 Å². The Morgan fingerprint density at radius 1 is 1.03 bits per heavy atom. The first-order valence-electron chi connectivity index (χ1n) is 11.2. The molecule has 4 aliphatic carbocycles. The highest BCUT2D eigenvalue weighted by Gasteiger charge is 2.71. The van der Waals surface area contributed by atoms with Crippen LogP contribution in [0, 0.1) is 28.6 Å². The Kier molecular flexibility index (Phi) is 4.17. The Morgan fingerprint density at radius 2 is 1.76 bits per heavy atom. The van der Waals surface area contributed by atoms with E-state index in [0.29, 0.717) is 32.3 Å². The smallest absolute Gasteiger partial charge is 0.331 e. The van der Waals surface area contributed by atoms with Gasteiger partial charge in [-0.05, 0) is 68.3 Å². The molecule has 0 aromatic heterocycles. The van der Waals surface area contributed by atoms with Gasteiger partial charge in [-0.2, -0.15) is 0 Å². The van der Waals surface area contributed by atoms with E-state index in [1.807, 2.05) is 6.92 Å². The maximum Gasteiger partial charge on any atom is 0.331 e. The number of cyclic esters (lactones) is 1. The average Bonchev–Trinajstić information content (AvgIpc) is 3.17. The number of fused-ring (bicyclic) bond motifs is 5. The number of aliphatic hydroxyl groups excluding tert-OH is 2. The Balaban J connectivity index is 1.51. The van der Waals surface area contributed by atoms with Crippen molar-refractivity contribution in [1.82, 2.24) is 0 Å². The van der Waals surface area contributed by atoms with E-state index < -0.39 is 28.8 Å². The predicted molar refractivity (Wildman–Crippen MR) is 105 cm³/mol. The van der Waals surface area contributed by atoms with Crippen molar-refractivity contribution in [3.63, 3.8) is 0 Å². The Hall–Kier alpha value is -0.950. The van der Waals surface area contributed by atoms with Crippen molar-refractivity contribution in [2.24, 2.45) is 28.6 Å². The minimum Gasteiger partial charge on any atom is -0.458 e. The summed E-state index contributed by atoms with van der Waals surface area (Å²) < 4.78 is 5.16. The predicted octanol–water partition coefficient (Wildman–Crippen LogP) is 1.69. The number of esters is 1. The van der Waals surface area contributed by atoms with Crippen molar-refractivity contribution in [2.45, 2.75) is 88.6 Å². The first-order chi connectivity index (χ1) is 13.6. The summed E-state index contributed by atoms with van der Waals surface area (Å²) in [4.78, 5) is 11.6. The first-order valence-corrected chi connectivity index (χ1v) is 11.2. The molecule has 4 saturated carbocycles. The van der Waals surface area contributed by atoms with Crippen LogP contribution in [0.15, 0.2) is 11.6 Å². The fourth-order valence-electron chi connectivity index (χ4n) is 8.47. The summed E-state index contributed by atoms with van der Waals surface area (Å²) in [6, 6.07) is 0. The quantitative estimate of drug-likeness (QED) is 0.494. The molecule has 162 valence electrons. The number of hydrogen-bond acceptors (Lipinski definition) is 6. The van der Waals surface area contributed by atoms with Gasteiger partial charge >= 0.3 is 5.97 Å². The molecule has 6 heteroatoms. The molecule has 0 bridgehead atoms. The van der Waals surface area contributed by atoms with Gasteiger partial charge in [0, 0.05) is 23.3 Å². The highest BCUT2D eigenvalue weighted by molar-refractivity contribution is 5.85. The second-order valence-corrected chi connectivity index (χ2v) is 11.0. The first kappa shape index (κ1) is 20.0. The van der Waals surface area contributed by atoms with Gasteiger partial charge in [0.1, 0.15) is 6.61 Å². The molecule has 0 aromatic carbocycles. The number of rotatable bonds is 1. The number of carbonyl (C=O) groups excluding carboxylic acids is 1. The van der Waals surface area contributed by atoms with Crippen molar-refractivity contribution in [2.75, 3.05) is 6.61 Å². The molecule has 6 nitrogen and oxygen atoms in total. The van der Waals surface area contributed by atoms with E-state index in [4.69, 9.17) is 4.74 Å². The molecule has 0 saturated heterocycles. The highest BCUT2D eigenvalue weighted by Crippen LogP contribution is 2.70. The van der Waals surface area contributed by atoms with Gasteiger partial charge < -0.3 is 25.2 Å². The largest absolute Gasteiger partial charge is 0.458 e. The SMILES string of the molecule is C[C@]12[C@H](O)C[C@H](O)C[C@@]1(O)CC[C@@H]1[C@@H]2CC[C@]2(C)[C@@H](C3=CC(=O)OC3)CC[C@]12O. The van der Waals surface area contributed by atoms with E-state index in [9.17, 15) is 25.2 Å². The zero-order valence-corrected chi connectivity index (χ0v) is 17.4. The second-order valence-electron chi connectivity index (χ2n) is 11.0. The highest BCUT2D eigenvalue weighted by atomic mass is 16.5. The fourth-order valence-corrected chi connectivity index (χ4v) is 8.47. The third-order valence-corrected chi connectivity index (χ3v) is 10.2. The van der Waals surface area contributed by atoms with Crippen LogP contribution < -0.4 is 0 Å². The van der Waals surface area contributed by atoms with Crippen molar-refractivity contribution >= 4 is 5.97 Å². The maximum absolute atomic E-state index is 12.1. The summed E-state index contributed by atoms with van der Waals surface area (Å²) in [5, 5.41) is 44.8. The normalized spacial score (nSPS) is 56.8. The molecule has 0 aromatic rings. The molecule has 1 heterocycles. The fraction of sp³-hybridized carbons (Fsp3) is 0.870. The summed E-state index contributed by atoms with van der Waals surface area (Å²) in [6.07, 6.45) is 5.06. The second kappa shape index (κ2) is 6.06. The van der Waals surface area contributed by atoms with Gasteiger partial charge in [0.2, 0.25) is 0 Å². The van der Waals surface area contributed by atoms with E-state index in [0.717, 1.165) is 24.8 Å². The lowest BCUT2D eigenvalue weighted by Crippen LogP contribution is -2.70. The monoisotopic (exact) mass is 406 g/mol. The Morgan fingerprint density at radius 3 is 2.45 bits per heavy atom. The van der Waals surface area contributed by atoms with Gasteiger partial charge in [0.05, 0.1) is 23.4 Å². The molecule has 1 aliphatic heterocycles. The van der Waals surface area contributed by atoms with Crippen molar-refractivity contribution < 1.29 is 30.0 Å². The van der Waals surface area contributed by atoms with Crippen LogP contribution >= 0.6 is 0 Å². The Labute approximate surface area is 172 Å². The van der Waals surface area contributed by atoms with Crippen LogP contribution in [0.4, 0.5) is 0 Å². The summed E-state index contributed by atoms with van der Waals surface area (Å²) >= 11 is 0. The number of carbonyl (C=O) groups is 1. The number of ether oxygens (including phenoxy) is 1. The Bertz CT molecular complexity index is 764. The van der Waals surface area contributed by atoms with Crippen LogP contribution in [0.1, 0.15) is 65.2 Å². The van der Waals surface area contributed by atoms with Crippen LogP contribution in [0.3, 0.4) is 0 Å². The van der Waals surface area contributed by atoms with Gasteiger partial charge in [-0.3, -0.25) is 0 Å². The molecule has 4 fully saturated rings. The third-order valence-electron chi connectivity index (χ3n) is 10.2. The standard InChI is InChI=1S/C23H34O6/c1-20-6-3-16-17(4-7-22(27)11-14(24)10-18(25)21(16,22)2)23(20,28)8-5-15(20)13-9-19(26)29-12-13/h9,14-18,24-25,27-28H,3-8,10-12H2,1-2H3/t14-,15+,16-,17+,18+,20+,21-,22-,23-/m0/s1. The van der Waals surface area contributed by atoms with E-state index in [-0.39, 0.29) is 35.6 Å². The molecular weight excluding hydrogens is 372 g/mol. The van der Waals surface area contributed by atoms with Gasteiger partial charge in [0.25, 0.3) is 0 Å².